The van der Waals surface area contributed by atoms with Crippen LogP contribution in [0.2, 0.25) is 0 Å². The third-order valence-electron chi connectivity index (χ3n) is 3.68. The second-order valence-electron chi connectivity index (χ2n) is 5.89. The molecule has 3 rings (SSSR count). The number of benzene rings is 1. The molecule has 0 saturated carbocycles. The maximum Gasteiger partial charge on any atom is 0.419 e. The van der Waals surface area contributed by atoms with E-state index in [1.165, 1.54) is 22.8 Å². The summed E-state index contributed by atoms with van der Waals surface area (Å²) in [6.45, 7) is 3.97. The van der Waals surface area contributed by atoms with E-state index in [0.717, 1.165) is 0 Å². The summed E-state index contributed by atoms with van der Waals surface area (Å²) < 4.78 is 39.0. The standard InChI is InChI=1S/C15H18N4O5S/c1-9(2)14-18-17-13(24-14)6-7-16-25(21,22)10-4-5-11-12(8-10)23-15(20)19(11)3/h4-5,8-9,16H,6-7H2,1-3H3. The number of nitrogens with zero attached hydrogens (tertiary/aromatic N) is 3. The van der Waals surface area contributed by atoms with E-state index in [-0.39, 0.29) is 29.4 Å². The lowest BCUT2D eigenvalue weighted by Crippen LogP contribution is -2.26. The molecule has 0 aliphatic carbocycles. The van der Waals surface area contributed by atoms with E-state index in [2.05, 4.69) is 14.9 Å². The second-order valence-corrected chi connectivity index (χ2v) is 7.66. The first-order valence-corrected chi connectivity index (χ1v) is 9.18. The first-order chi connectivity index (χ1) is 11.8. The fraction of sp³-hybridized carbons (Fsp3) is 0.400. The maximum atomic E-state index is 12.4. The van der Waals surface area contributed by atoms with E-state index in [1.807, 2.05) is 13.8 Å². The van der Waals surface area contributed by atoms with Gasteiger partial charge in [-0.3, -0.25) is 4.57 Å². The Hall–Kier alpha value is -2.46. The maximum absolute atomic E-state index is 12.4. The smallest absolute Gasteiger partial charge is 0.419 e. The minimum absolute atomic E-state index is 0.0164. The number of hydrogen-bond donors (Lipinski definition) is 1. The van der Waals surface area contributed by atoms with Gasteiger partial charge in [-0.1, -0.05) is 13.8 Å². The van der Waals surface area contributed by atoms with E-state index in [4.69, 9.17) is 8.83 Å². The Kier molecular flexibility index (Phi) is 4.48. The molecule has 3 aromatic rings. The van der Waals surface area contributed by atoms with Crippen LogP contribution in [-0.4, -0.2) is 29.7 Å². The second kappa shape index (κ2) is 6.45. The van der Waals surface area contributed by atoms with E-state index in [0.29, 0.717) is 17.3 Å². The largest absolute Gasteiger partial charge is 0.425 e. The summed E-state index contributed by atoms with van der Waals surface area (Å²) in [6.07, 6.45) is 0.279. The molecule has 0 bridgehead atoms. The van der Waals surface area contributed by atoms with Gasteiger partial charge in [-0.2, -0.15) is 0 Å². The molecular weight excluding hydrogens is 348 g/mol. The van der Waals surface area contributed by atoms with Crippen molar-refractivity contribution in [3.05, 3.63) is 40.5 Å². The van der Waals surface area contributed by atoms with Crippen molar-refractivity contribution in [3.8, 4) is 0 Å². The third-order valence-corrected chi connectivity index (χ3v) is 5.14. The van der Waals surface area contributed by atoms with Crippen LogP contribution in [0.3, 0.4) is 0 Å². The molecule has 9 nitrogen and oxygen atoms in total. The van der Waals surface area contributed by atoms with E-state index >= 15 is 0 Å². The Morgan fingerprint density at radius 2 is 2.00 bits per heavy atom. The topological polar surface area (TPSA) is 120 Å². The predicted octanol–water partition coefficient (Wildman–Crippen LogP) is 1.16. The van der Waals surface area contributed by atoms with Crippen LogP contribution >= 0.6 is 0 Å². The van der Waals surface area contributed by atoms with Gasteiger partial charge in [0.25, 0.3) is 0 Å². The molecule has 0 saturated heterocycles. The van der Waals surface area contributed by atoms with Crippen LogP contribution in [-0.2, 0) is 23.5 Å². The summed E-state index contributed by atoms with van der Waals surface area (Å²) >= 11 is 0. The summed E-state index contributed by atoms with van der Waals surface area (Å²) in [5.74, 6) is 0.457. The van der Waals surface area contributed by atoms with Crippen LogP contribution < -0.4 is 10.5 Å². The van der Waals surface area contributed by atoms with Crippen molar-refractivity contribution in [1.82, 2.24) is 19.5 Å². The van der Waals surface area contributed by atoms with Gasteiger partial charge in [0.1, 0.15) is 0 Å². The molecule has 2 heterocycles. The van der Waals surface area contributed by atoms with Gasteiger partial charge in [0.2, 0.25) is 21.8 Å². The SMILES string of the molecule is CC(C)c1nnc(CCNS(=O)(=O)c2ccc3c(c2)oc(=O)n3C)o1. The minimum Gasteiger partial charge on any atom is -0.425 e. The number of nitrogens with one attached hydrogen (secondary N) is 1. The van der Waals surface area contributed by atoms with Gasteiger partial charge < -0.3 is 8.83 Å². The lowest BCUT2D eigenvalue weighted by Gasteiger charge is -2.05. The van der Waals surface area contributed by atoms with Crippen molar-refractivity contribution in [2.45, 2.75) is 31.1 Å². The van der Waals surface area contributed by atoms with Crippen molar-refractivity contribution in [3.63, 3.8) is 0 Å². The Bertz CT molecular complexity index is 1060. The number of sulfonamides is 1. The normalized spacial score (nSPS) is 12.3. The molecule has 0 radical (unpaired) electrons. The van der Waals surface area contributed by atoms with Gasteiger partial charge in [-0.05, 0) is 12.1 Å². The fourth-order valence-electron chi connectivity index (χ4n) is 2.26. The summed E-state index contributed by atoms with van der Waals surface area (Å²) in [7, 11) is -2.19. The Labute approximate surface area is 143 Å². The molecule has 1 aromatic carbocycles. The molecule has 134 valence electrons. The van der Waals surface area contributed by atoms with E-state index < -0.39 is 15.8 Å². The van der Waals surface area contributed by atoms with Gasteiger partial charge >= 0.3 is 5.76 Å². The lowest BCUT2D eigenvalue weighted by atomic mass is 10.2. The Balaban J connectivity index is 1.72. The Morgan fingerprint density at radius 3 is 2.68 bits per heavy atom. The van der Waals surface area contributed by atoms with Crippen LogP contribution in [0.1, 0.15) is 31.5 Å². The number of oxazole rings is 1. The third kappa shape index (κ3) is 3.49. The quantitative estimate of drug-likeness (QED) is 0.695. The van der Waals surface area contributed by atoms with Crippen molar-refractivity contribution in [2.75, 3.05) is 6.54 Å². The predicted molar refractivity (Wildman–Crippen MR) is 88.7 cm³/mol. The summed E-state index contributed by atoms with van der Waals surface area (Å²) in [6, 6.07) is 4.27. The molecule has 10 heteroatoms. The number of rotatable bonds is 6. The highest BCUT2D eigenvalue weighted by Gasteiger charge is 2.17. The van der Waals surface area contributed by atoms with Crippen LogP contribution in [0.25, 0.3) is 11.1 Å². The molecule has 0 aliphatic rings. The highest BCUT2D eigenvalue weighted by molar-refractivity contribution is 7.89. The molecule has 0 aliphatic heterocycles. The van der Waals surface area contributed by atoms with E-state index in [1.54, 1.807) is 7.05 Å². The molecule has 1 N–H and O–H groups in total. The highest BCUT2D eigenvalue weighted by atomic mass is 32.2. The average molecular weight is 366 g/mol. The van der Waals surface area contributed by atoms with Gasteiger partial charge in [-0.25, -0.2) is 17.9 Å². The number of aromatic nitrogens is 3. The molecule has 0 amide bonds. The summed E-state index contributed by atoms with van der Waals surface area (Å²) in [5.41, 5.74) is 0.741. The summed E-state index contributed by atoms with van der Waals surface area (Å²) in [4.78, 5) is 11.5. The van der Waals surface area contributed by atoms with Crippen molar-refractivity contribution >= 4 is 21.1 Å². The van der Waals surface area contributed by atoms with Gasteiger partial charge in [0, 0.05) is 32.0 Å². The first kappa shape index (κ1) is 17.4. The monoisotopic (exact) mass is 366 g/mol. The lowest BCUT2D eigenvalue weighted by molar-refractivity contribution is 0.431. The van der Waals surface area contributed by atoms with Crippen LogP contribution in [0.4, 0.5) is 0 Å². The van der Waals surface area contributed by atoms with Crippen LogP contribution in [0.15, 0.2) is 36.7 Å². The Morgan fingerprint density at radius 1 is 1.24 bits per heavy atom. The van der Waals surface area contributed by atoms with Crippen LogP contribution in [0.5, 0.6) is 0 Å². The molecule has 25 heavy (non-hydrogen) atoms. The zero-order valence-corrected chi connectivity index (χ0v) is 14.8. The number of fused-ring (bicyclic) bond motifs is 1. The fourth-order valence-corrected chi connectivity index (χ4v) is 3.30. The highest BCUT2D eigenvalue weighted by Crippen LogP contribution is 2.18. The van der Waals surface area contributed by atoms with Crippen molar-refractivity contribution in [1.29, 1.82) is 0 Å². The van der Waals surface area contributed by atoms with Gasteiger partial charge in [0.15, 0.2) is 5.58 Å². The molecule has 0 unspecified atom stereocenters. The molecule has 0 fully saturated rings. The molecule has 0 atom stereocenters. The first-order valence-electron chi connectivity index (χ1n) is 7.69. The molecule has 2 aromatic heterocycles. The summed E-state index contributed by atoms with van der Waals surface area (Å²) in [5, 5.41) is 7.77. The average Bonchev–Trinajstić information content (AvgIpc) is 3.13. The van der Waals surface area contributed by atoms with Crippen LogP contribution in [0, 0.1) is 0 Å². The van der Waals surface area contributed by atoms with E-state index in [9.17, 15) is 13.2 Å². The number of hydrogen-bond acceptors (Lipinski definition) is 7. The van der Waals surface area contributed by atoms with Crippen molar-refractivity contribution in [2.24, 2.45) is 7.05 Å². The van der Waals surface area contributed by atoms with Crippen molar-refractivity contribution < 1.29 is 17.3 Å². The zero-order valence-electron chi connectivity index (χ0n) is 14.0. The van der Waals surface area contributed by atoms with Gasteiger partial charge in [-0.15, -0.1) is 10.2 Å². The van der Waals surface area contributed by atoms with Gasteiger partial charge in [0.05, 0.1) is 10.4 Å². The zero-order chi connectivity index (χ0) is 18.2. The molecular formula is C15H18N4O5S. The minimum atomic E-state index is -3.75. The molecule has 0 spiro atoms. The number of aryl methyl sites for hydroxylation is 1.